The maximum absolute atomic E-state index is 9.56. The summed E-state index contributed by atoms with van der Waals surface area (Å²) in [6.45, 7) is 0.617. The van der Waals surface area contributed by atoms with Crippen LogP contribution in [-0.2, 0) is 13.0 Å². The van der Waals surface area contributed by atoms with Crippen molar-refractivity contribution in [3.8, 4) is 5.75 Å². The van der Waals surface area contributed by atoms with Gasteiger partial charge >= 0.3 is 0 Å². The van der Waals surface area contributed by atoms with Crippen molar-refractivity contribution in [2.75, 3.05) is 7.11 Å². The highest BCUT2D eigenvalue weighted by molar-refractivity contribution is 5.83. The van der Waals surface area contributed by atoms with E-state index in [2.05, 4.69) is 4.98 Å². The highest BCUT2D eigenvalue weighted by Crippen LogP contribution is 2.29. The van der Waals surface area contributed by atoms with E-state index in [4.69, 9.17) is 4.74 Å². The molecule has 0 spiro atoms. The van der Waals surface area contributed by atoms with E-state index in [1.54, 1.807) is 7.11 Å². The number of hydrogen-bond acceptors (Lipinski definition) is 3. The van der Waals surface area contributed by atoms with E-state index in [9.17, 15) is 5.11 Å². The quantitative estimate of drug-likeness (QED) is 0.752. The van der Waals surface area contributed by atoms with E-state index in [-0.39, 0.29) is 6.10 Å². The summed E-state index contributed by atoms with van der Waals surface area (Å²) in [7, 11) is 1.65. The molecule has 1 N–H and O–H groups in total. The number of aliphatic hydroxyl groups excluding tert-OH is 1. The molecule has 0 saturated heterocycles. The number of aliphatic hydroxyl groups is 1. The van der Waals surface area contributed by atoms with Gasteiger partial charge in [-0.25, -0.2) is 4.98 Å². The van der Waals surface area contributed by atoms with Gasteiger partial charge in [0.25, 0.3) is 0 Å². The summed E-state index contributed by atoms with van der Waals surface area (Å²) < 4.78 is 7.34. The van der Waals surface area contributed by atoms with Gasteiger partial charge in [-0.2, -0.15) is 0 Å². The Morgan fingerprint density at radius 2 is 2.40 bits per heavy atom. The Labute approximate surface area is 87.1 Å². The molecule has 4 heteroatoms. The largest absolute Gasteiger partial charge is 0.494 e. The molecule has 1 unspecified atom stereocenters. The topological polar surface area (TPSA) is 47.3 Å². The van der Waals surface area contributed by atoms with Crippen LogP contribution < -0.4 is 4.74 Å². The maximum atomic E-state index is 9.56. The van der Waals surface area contributed by atoms with Crippen molar-refractivity contribution in [2.24, 2.45) is 0 Å². The second kappa shape index (κ2) is 2.97. The Hall–Kier alpha value is -1.55. The Morgan fingerprint density at radius 1 is 1.53 bits per heavy atom. The predicted octanol–water partition coefficient (Wildman–Crippen LogP) is 0.962. The Kier molecular flexibility index (Phi) is 1.73. The Balaban J connectivity index is 2.31. The maximum Gasteiger partial charge on any atom is 0.144 e. The van der Waals surface area contributed by atoms with Crippen molar-refractivity contribution in [3.05, 3.63) is 24.0 Å². The van der Waals surface area contributed by atoms with Gasteiger partial charge in [0.05, 0.1) is 25.3 Å². The SMILES string of the molecule is COc1cccc2nc3n(c12)CC(O)C3. The highest BCUT2D eigenvalue weighted by atomic mass is 16.5. The van der Waals surface area contributed by atoms with E-state index in [0.717, 1.165) is 22.6 Å². The molecule has 0 radical (unpaired) electrons. The van der Waals surface area contributed by atoms with Crippen molar-refractivity contribution in [3.63, 3.8) is 0 Å². The van der Waals surface area contributed by atoms with Gasteiger partial charge in [-0.3, -0.25) is 0 Å². The van der Waals surface area contributed by atoms with Gasteiger partial charge in [-0.05, 0) is 12.1 Å². The first kappa shape index (κ1) is 8.73. The molecule has 1 aliphatic rings. The number of fused-ring (bicyclic) bond motifs is 3. The van der Waals surface area contributed by atoms with Gasteiger partial charge in [-0.1, -0.05) is 6.07 Å². The van der Waals surface area contributed by atoms with Crippen LogP contribution in [0.25, 0.3) is 11.0 Å². The molecule has 1 aromatic heterocycles. The van der Waals surface area contributed by atoms with Gasteiger partial charge in [0.1, 0.15) is 17.1 Å². The lowest BCUT2D eigenvalue weighted by molar-refractivity contribution is 0.176. The third-order valence-corrected chi connectivity index (χ3v) is 2.84. The van der Waals surface area contributed by atoms with Gasteiger partial charge in [0.15, 0.2) is 0 Å². The van der Waals surface area contributed by atoms with Crippen LogP contribution in [0.1, 0.15) is 5.82 Å². The number of ether oxygens (including phenoxy) is 1. The zero-order chi connectivity index (χ0) is 10.4. The molecule has 1 aromatic carbocycles. The minimum Gasteiger partial charge on any atom is -0.494 e. The molecule has 2 aromatic rings. The fourth-order valence-corrected chi connectivity index (χ4v) is 2.20. The summed E-state index contributed by atoms with van der Waals surface area (Å²) in [5.41, 5.74) is 1.93. The molecule has 2 heterocycles. The van der Waals surface area contributed by atoms with Crippen LogP contribution in [0.3, 0.4) is 0 Å². The predicted molar refractivity (Wildman–Crippen MR) is 56.0 cm³/mol. The summed E-state index contributed by atoms with van der Waals surface area (Å²) in [5.74, 6) is 1.77. The molecule has 0 saturated carbocycles. The minimum atomic E-state index is -0.304. The van der Waals surface area contributed by atoms with E-state index >= 15 is 0 Å². The first-order valence-corrected chi connectivity index (χ1v) is 5.00. The van der Waals surface area contributed by atoms with Gasteiger partial charge in [0, 0.05) is 6.42 Å². The second-order valence-electron chi connectivity index (χ2n) is 3.82. The number of methoxy groups -OCH3 is 1. The average Bonchev–Trinajstić information content (AvgIpc) is 2.72. The van der Waals surface area contributed by atoms with Crippen LogP contribution in [0.4, 0.5) is 0 Å². The van der Waals surface area contributed by atoms with Crippen LogP contribution in [0, 0.1) is 0 Å². The summed E-state index contributed by atoms with van der Waals surface area (Å²) in [6.07, 6.45) is 0.333. The van der Waals surface area contributed by atoms with Crippen molar-refractivity contribution >= 4 is 11.0 Å². The van der Waals surface area contributed by atoms with Crippen LogP contribution in [0.2, 0.25) is 0 Å². The molecule has 1 atom stereocenters. The monoisotopic (exact) mass is 204 g/mol. The number of para-hydroxylation sites is 1. The standard InChI is InChI=1S/C11H12N2O2/c1-15-9-4-2-3-8-11(9)13-6-7(14)5-10(13)12-8/h2-4,7,14H,5-6H2,1H3. The van der Waals surface area contributed by atoms with Gasteiger partial charge in [0.2, 0.25) is 0 Å². The number of aromatic nitrogens is 2. The molecular formula is C11H12N2O2. The van der Waals surface area contributed by atoms with Crippen molar-refractivity contribution in [1.29, 1.82) is 0 Å². The average molecular weight is 204 g/mol. The third-order valence-electron chi connectivity index (χ3n) is 2.84. The first-order valence-electron chi connectivity index (χ1n) is 5.00. The molecule has 78 valence electrons. The normalized spacial score (nSPS) is 19.5. The molecule has 0 aliphatic carbocycles. The van der Waals surface area contributed by atoms with Crippen molar-refractivity contribution in [1.82, 2.24) is 9.55 Å². The summed E-state index contributed by atoms with van der Waals surface area (Å²) in [5, 5.41) is 9.56. The molecule has 4 nitrogen and oxygen atoms in total. The summed E-state index contributed by atoms with van der Waals surface area (Å²) in [4.78, 5) is 4.48. The minimum absolute atomic E-state index is 0.304. The molecule has 3 rings (SSSR count). The summed E-state index contributed by atoms with van der Waals surface area (Å²) in [6, 6.07) is 5.82. The third kappa shape index (κ3) is 1.15. The smallest absolute Gasteiger partial charge is 0.144 e. The zero-order valence-electron chi connectivity index (χ0n) is 8.47. The number of nitrogens with zero attached hydrogens (tertiary/aromatic N) is 2. The number of rotatable bonds is 1. The van der Waals surface area contributed by atoms with Crippen molar-refractivity contribution < 1.29 is 9.84 Å². The zero-order valence-corrected chi connectivity index (χ0v) is 8.47. The molecule has 0 fully saturated rings. The molecule has 0 bridgehead atoms. The molecular weight excluding hydrogens is 192 g/mol. The van der Waals surface area contributed by atoms with Crippen LogP contribution >= 0.6 is 0 Å². The Morgan fingerprint density at radius 3 is 3.20 bits per heavy atom. The lowest BCUT2D eigenvalue weighted by atomic mass is 10.2. The fourth-order valence-electron chi connectivity index (χ4n) is 2.20. The molecule has 0 amide bonds. The first-order chi connectivity index (χ1) is 7.29. The van der Waals surface area contributed by atoms with Crippen LogP contribution in [0.5, 0.6) is 5.75 Å². The highest BCUT2D eigenvalue weighted by Gasteiger charge is 2.24. The number of imidazole rings is 1. The van der Waals surface area contributed by atoms with Gasteiger partial charge in [-0.15, -0.1) is 0 Å². The van der Waals surface area contributed by atoms with E-state index in [0.29, 0.717) is 13.0 Å². The lowest BCUT2D eigenvalue weighted by Gasteiger charge is -2.05. The molecule has 15 heavy (non-hydrogen) atoms. The van der Waals surface area contributed by atoms with Gasteiger partial charge < -0.3 is 14.4 Å². The second-order valence-corrected chi connectivity index (χ2v) is 3.82. The molecule has 1 aliphatic heterocycles. The number of benzene rings is 1. The van der Waals surface area contributed by atoms with Crippen molar-refractivity contribution in [2.45, 2.75) is 19.1 Å². The Bertz CT molecular complexity index is 519. The summed E-state index contributed by atoms with van der Waals surface area (Å²) >= 11 is 0. The van der Waals surface area contributed by atoms with Crippen LogP contribution in [0.15, 0.2) is 18.2 Å². The van der Waals surface area contributed by atoms with E-state index in [1.807, 2.05) is 22.8 Å². The fraction of sp³-hybridized carbons (Fsp3) is 0.364. The van der Waals surface area contributed by atoms with E-state index < -0.39 is 0 Å². The lowest BCUT2D eigenvalue weighted by Crippen LogP contribution is -2.07. The number of hydrogen-bond donors (Lipinski definition) is 1. The van der Waals surface area contributed by atoms with E-state index in [1.165, 1.54) is 0 Å². The van der Waals surface area contributed by atoms with Crippen LogP contribution in [-0.4, -0.2) is 27.9 Å².